The first-order valence-corrected chi connectivity index (χ1v) is 2.90. The molecular weight excluding hydrogens is 243 g/mol. The molecule has 90 valence electrons. The van der Waals surface area contributed by atoms with Gasteiger partial charge in [-0.1, -0.05) is 6.58 Å². The molecule has 0 aromatic carbocycles. The molecule has 15 heavy (non-hydrogen) atoms. The molecule has 0 atom stereocenters. The van der Waals surface area contributed by atoms with Crippen LogP contribution in [-0.4, -0.2) is 12.4 Å². The molecule has 0 saturated carbocycles. The summed E-state index contributed by atoms with van der Waals surface area (Å²) in [6, 6.07) is 0. The van der Waals surface area contributed by atoms with Crippen LogP contribution in [0.1, 0.15) is 0 Å². The van der Waals surface area contributed by atoms with Crippen LogP contribution in [0.25, 0.3) is 0 Å². The zero-order chi connectivity index (χ0) is 12.9. The molecule has 0 fully saturated rings. The Morgan fingerprint density at radius 2 is 1.13 bits per heavy atom. The predicted molar refractivity (Wildman–Crippen MR) is 32.7 cm³/mol. The molecule has 0 nitrogen and oxygen atoms in total. The van der Waals surface area contributed by atoms with E-state index in [-0.39, 0.29) is 6.08 Å². The maximum Gasteiger partial charge on any atom is 0.448 e. The third-order valence-electron chi connectivity index (χ3n) is 0.646. The van der Waals surface area contributed by atoms with Gasteiger partial charge in [0.15, 0.2) is 0 Å². The minimum Gasteiger partial charge on any atom is -0.196 e. The Bertz CT molecular complexity index is 226. The maximum atomic E-state index is 11.0. The summed E-state index contributed by atoms with van der Waals surface area (Å²) in [6.07, 6.45) is -13.2. The lowest BCUT2D eigenvalue weighted by molar-refractivity contribution is -0.113. The molecule has 0 aliphatic rings. The SMILES string of the molecule is C=CC(F)(F)F.FC(F)=C(F)C(F)(F)F. The standard InChI is InChI=1S/C3F6.C3H3F3/c4-1(2(5)6)3(7,8)9;1-2-3(4,5)6/h;2H,1H2. The van der Waals surface area contributed by atoms with Crippen molar-refractivity contribution in [3.05, 3.63) is 24.6 Å². The van der Waals surface area contributed by atoms with E-state index in [4.69, 9.17) is 0 Å². The van der Waals surface area contributed by atoms with Gasteiger partial charge in [0, 0.05) is 6.08 Å². The summed E-state index contributed by atoms with van der Waals surface area (Å²) >= 11 is 0. The first kappa shape index (κ1) is 16.3. The zero-order valence-electron chi connectivity index (χ0n) is 6.69. The Balaban J connectivity index is 0. The van der Waals surface area contributed by atoms with E-state index in [9.17, 15) is 39.5 Å². The van der Waals surface area contributed by atoms with Gasteiger partial charge >= 0.3 is 18.4 Å². The van der Waals surface area contributed by atoms with Gasteiger partial charge in [0.25, 0.3) is 5.83 Å². The van der Waals surface area contributed by atoms with Crippen LogP contribution in [0, 0.1) is 0 Å². The van der Waals surface area contributed by atoms with Crippen LogP contribution in [0.4, 0.5) is 39.5 Å². The van der Waals surface area contributed by atoms with Crippen LogP contribution >= 0.6 is 0 Å². The van der Waals surface area contributed by atoms with Gasteiger partial charge < -0.3 is 0 Å². The highest BCUT2D eigenvalue weighted by Gasteiger charge is 2.38. The molecule has 0 aliphatic heterocycles. The quantitative estimate of drug-likeness (QED) is 0.440. The van der Waals surface area contributed by atoms with Gasteiger partial charge in [-0.05, 0) is 0 Å². The first-order chi connectivity index (χ1) is 6.41. The van der Waals surface area contributed by atoms with Gasteiger partial charge in [-0.3, -0.25) is 0 Å². The Morgan fingerprint density at radius 1 is 0.867 bits per heavy atom. The Kier molecular flexibility index (Phi) is 6.15. The lowest BCUT2D eigenvalue weighted by Crippen LogP contribution is -2.08. The Morgan fingerprint density at radius 3 is 1.13 bits per heavy atom. The van der Waals surface area contributed by atoms with Crippen molar-refractivity contribution in [3.63, 3.8) is 0 Å². The van der Waals surface area contributed by atoms with Crippen molar-refractivity contribution in [1.29, 1.82) is 0 Å². The highest BCUT2D eigenvalue weighted by atomic mass is 19.4. The summed E-state index contributed by atoms with van der Waals surface area (Å²) in [4.78, 5) is 0. The van der Waals surface area contributed by atoms with Gasteiger partial charge in [-0.2, -0.15) is 39.5 Å². The van der Waals surface area contributed by atoms with Crippen molar-refractivity contribution >= 4 is 0 Å². The van der Waals surface area contributed by atoms with Gasteiger partial charge in [0.2, 0.25) is 0 Å². The highest BCUT2D eigenvalue weighted by Crippen LogP contribution is 2.29. The molecule has 0 bridgehead atoms. The van der Waals surface area contributed by atoms with Gasteiger partial charge in [0.1, 0.15) is 0 Å². The predicted octanol–water partition coefficient (Wildman–Crippen LogP) is 4.36. The van der Waals surface area contributed by atoms with Crippen LogP contribution in [0.2, 0.25) is 0 Å². The third kappa shape index (κ3) is 10.8. The number of rotatable bonds is 0. The van der Waals surface area contributed by atoms with Crippen molar-refractivity contribution in [3.8, 4) is 0 Å². The molecule has 0 aliphatic carbocycles. The highest BCUT2D eigenvalue weighted by molar-refractivity contribution is 4.98. The second kappa shape index (κ2) is 5.66. The largest absolute Gasteiger partial charge is 0.448 e. The molecule has 0 saturated heterocycles. The molecule has 0 rings (SSSR count). The molecule has 9 heteroatoms. The fraction of sp³-hybridized carbons (Fsp3) is 0.333. The van der Waals surface area contributed by atoms with Crippen molar-refractivity contribution in [2.24, 2.45) is 0 Å². The van der Waals surface area contributed by atoms with Crippen molar-refractivity contribution in [1.82, 2.24) is 0 Å². The average Bonchev–Trinajstić information content (AvgIpc) is 2.01. The topological polar surface area (TPSA) is 0 Å². The monoisotopic (exact) mass is 246 g/mol. The van der Waals surface area contributed by atoms with E-state index in [1.165, 1.54) is 0 Å². The van der Waals surface area contributed by atoms with Crippen LogP contribution in [0.15, 0.2) is 24.6 Å². The van der Waals surface area contributed by atoms with E-state index in [1.54, 1.807) is 0 Å². The average molecular weight is 246 g/mol. The number of hydrogen-bond acceptors (Lipinski definition) is 0. The van der Waals surface area contributed by atoms with Crippen LogP contribution < -0.4 is 0 Å². The Hall–Kier alpha value is -1.15. The lowest BCUT2D eigenvalue weighted by atomic mass is 10.6. The molecule has 0 unspecified atom stereocenters. The molecular formula is C6H3F9. The normalized spacial score (nSPS) is 11.3. The van der Waals surface area contributed by atoms with Gasteiger partial charge in [-0.15, -0.1) is 0 Å². The lowest BCUT2D eigenvalue weighted by Gasteiger charge is -1.98. The zero-order valence-corrected chi connectivity index (χ0v) is 6.69. The summed E-state index contributed by atoms with van der Waals surface area (Å²) in [6.45, 7) is 2.51. The van der Waals surface area contributed by atoms with Crippen LogP contribution in [-0.2, 0) is 0 Å². The third-order valence-corrected chi connectivity index (χ3v) is 0.646. The van der Waals surface area contributed by atoms with E-state index in [2.05, 4.69) is 6.58 Å². The molecule has 0 radical (unpaired) electrons. The van der Waals surface area contributed by atoms with E-state index in [1.807, 2.05) is 0 Å². The van der Waals surface area contributed by atoms with Crippen molar-refractivity contribution in [2.75, 3.05) is 0 Å². The molecule has 0 aromatic rings. The van der Waals surface area contributed by atoms with Crippen molar-refractivity contribution < 1.29 is 39.5 Å². The summed E-state index contributed by atoms with van der Waals surface area (Å²) in [5.41, 5.74) is 0. The second-order valence-corrected chi connectivity index (χ2v) is 1.82. The molecule has 0 heterocycles. The number of hydrogen-bond donors (Lipinski definition) is 0. The minimum atomic E-state index is -5.56. The van der Waals surface area contributed by atoms with Gasteiger partial charge in [0.05, 0.1) is 0 Å². The van der Waals surface area contributed by atoms with E-state index in [0.717, 1.165) is 0 Å². The summed E-state index contributed by atoms with van der Waals surface area (Å²) in [5.74, 6) is -3.33. The van der Waals surface area contributed by atoms with E-state index in [0.29, 0.717) is 0 Å². The summed E-state index contributed by atoms with van der Waals surface area (Å²) in [7, 11) is 0. The molecule has 0 amide bonds. The van der Waals surface area contributed by atoms with Gasteiger partial charge in [-0.25, -0.2) is 0 Å². The number of alkyl halides is 6. The van der Waals surface area contributed by atoms with Crippen LogP contribution in [0.3, 0.4) is 0 Å². The number of halogens is 9. The van der Waals surface area contributed by atoms with E-state index >= 15 is 0 Å². The second-order valence-electron chi connectivity index (χ2n) is 1.82. The summed E-state index contributed by atoms with van der Waals surface area (Å²) in [5, 5.41) is 0. The molecule has 0 aromatic heterocycles. The van der Waals surface area contributed by atoms with Crippen molar-refractivity contribution in [2.45, 2.75) is 12.4 Å². The molecule has 0 spiro atoms. The number of allylic oxidation sites excluding steroid dienone is 2. The fourth-order valence-corrected chi connectivity index (χ4v) is 0.107. The van der Waals surface area contributed by atoms with Crippen LogP contribution in [0.5, 0.6) is 0 Å². The smallest absolute Gasteiger partial charge is 0.196 e. The molecule has 0 N–H and O–H groups in total. The Labute approximate surface area is 77.7 Å². The fourth-order valence-electron chi connectivity index (χ4n) is 0.107. The first-order valence-electron chi connectivity index (χ1n) is 2.90. The maximum absolute atomic E-state index is 11.0. The van der Waals surface area contributed by atoms with E-state index < -0.39 is 24.3 Å². The summed E-state index contributed by atoms with van der Waals surface area (Å²) < 4.78 is 96.8. The minimum absolute atomic E-state index is 0.0625.